The third-order valence-corrected chi connectivity index (χ3v) is 5.22. The summed E-state index contributed by atoms with van der Waals surface area (Å²) in [5.74, 6) is -2.51. The average Bonchev–Trinajstić information content (AvgIpc) is 2.88. The summed E-state index contributed by atoms with van der Waals surface area (Å²) in [7, 11) is 1.18. The molecule has 0 bridgehead atoms. The first-order valence-corrected chi connectivity index (χ1v) is 10.6. The SMILES string of the molecule is COC(=O)[C@H](Cc1ccc(F)cc1)NC(=O)[C@H](O)[C@@H](NC(=O)c1ccccc1)c1ccccc1. The maximum absolute atomic E-state index is 13.2. The zero-order valence-electron chi connectivity index (χ0n) is 18.5. The molecule has 0 aliphatic rings. The summed E-state index contributed by atoms with van der Waals surface area (Å²) in [5, 5.41) is 16.1. The van der Waals surface area contributed by atoms with Crippen LogP contribution in [0, 0.1) is 5.82 Å². The molecule has 0 radical (unpaired) electrons. The van der Waals surface area contributed by atoms with Crippen LogP contribution in [0.4, 0.5) is 4.39 Å². The summed E-state index contributed by atoms with van der Waals surface area (Å²) in [6.07, 6.45) is -1.69. The minimum atomic E-state index is -1.71. The van der Waals surface area contributed by atoms with E-state index in [1.165, 1.54) is 31.4 Å². The molecule has 0 fully saturated rings. The van der Waals surface area contributed by atoms with Crippen molar-refractivity contribution in [3.05, 3.63) is 107 Å². The minimum Gasteiger partial charge on any atom is -0.467 e. The molecule has 176 valence electrons. The van der Waals surface area contributed by atoms with E-state index in [9.17, 15) is 23.9 Å². The molecular weight excluding hydrogens is 439 g/mol. The Hall–Kier alpha value is -4.04. The van der Waals surface area contributed by atoms with Crippen molar-refractivity contribution in [3.8, 4) is 0 Å². The van der Waals surface area contributed by atoms with Crippen LogP contribution < -0.4 is 10.6 Å². The number of carbonyl (C=O) groups excluding carboxylic acids is 3. The van der Waals surface area contributed by atoms with E-state index >= 15 is 0 Å². The number of ether oxygens (including phenoxy) is 1. The predicted octanol–water partition coefficient (Wildman–Crippen LogP) is 2.56. The quantitative estimate of drug-likeness (QED) is 0.422. The van der Waals surface area contributed by atoms with E-state index in [-0.39, 0.29) is 6.42 Å². The highest BCUT2D eigenvalue weighted by molar-refractivity contribution is 5.95. The van der Waals surface area contributed by atoms with E-state index < -0.39 is 41.8 Å². The monoisotopic (exact) mass is 464 g/mol. The number of hydrogen-bond donors (Lipinski definition) is 3. The zero-order valence-corrected chi connectivity index (χ0v) is 18.5. The fourth-order valence-corrected chi connectivity index (χ4v) is 3.42. The minimum absolute atomic E-state index is 0.0256. The number of methoxy groups -OCH3 is 1. The van der Waals surface area contributed by atoms with Gasteiger partial charge in [-0.15, -0.1) is 0 Å². The molecule has 34 heavy (non-hydrogen) atoms. The Kier molecular flexibility index (Phi) is 8.48. The van der Waals surface area contributed by atoms with Crippen molar-refractivity contribution in [1.82, 2.24) is 10.6 Å². The molecule has 0 aliphatic heterocycles. The summed E-state index contributed by atoms with van der Waals surface area (Å²) in [5.41, 5.74) is 1.45. The van der Waals surface area contributed by atoms with E-state index in [4.69, 9.17) is 4.74 Å². The van der Waals surface area contributed by atoms with Gasteiger partial charge in [0.1, 0.15) is 11.9 Å². The molecule has 0 unspecified atom stereocenters. The number of halogens is 1. The van der Waals surface area contributed by atoms with Crippen molar-refractivity contribution < 1.29 is 28.6 Å². The lowest BCUT2D eigenvalue weighted by atomic mass is 9.99. The second-order valence-electron chi connectivity index (χ2n) is 7.59. The van der Waals surface area contributed by atoms with Crippen molar-refractivity contribution in [2.24, 2.45) is 0 Å². The maximum Gasteiger partial charge on any atom is 0.328 e. The molecule has 0 saturated carbocycles. The van der Waals surface area contributed by atoms with Gasteiger partial charge >= 0.3 is 5.97 Å². The molecule has 0 heterocycles. The Morgan fingerprint density at radius 1 is 0.882 bits per heavy atom. The molecule has 3 N–H and O–H groups in total. The van der Waals surface area contributed by atoms with Crippen LogP contribution in [0.2, 0.25) is 0 Å². The lowest BCUT2D eigenvalue weighted by Crippen LogP contribution is -2.51. The molecule has 0 spiro atoms. The third-order valence-electron chi connectivity index (χ3n) is 5.22. The smallest absolute Gasteiger partial charge is 0.328 e. The topological polar surface area (TPSA) is 105 Å². The van der Waals surface area contributed by atoms with Gasteiger partial charge in [-0.05, 0) is 35.4 Å². The Bertz CT molecular complexity index is 1110. The Balaban J connectivity index is 1.80. The number of esters is 1. The van der Waals surface area contributed by atoms with Crippen LogP contribution in [-0.2, 0) is 20.7 Å². The summed E-state index contributed by atoms with van der Waals surface area (Å²) in [4.78, 5) is 38.0. The van der Waals surface area contributed by atoms with Gasteiger partial charge in [-0.2, -0.15) is 0 Å². The molecule has 0 saturated heterocycles. The first-order chi connectivity index (χ1) is 16.4. The number of carbonyl (C=O) groups is 3. The lowest BCUT2D eigenvalue weighted by molar-refractivity contribution is -0.146. The maximum atomic E-state index is 13.2. The van der Waals surface area contributed by atoms with Crippen molar-refractivity contribution in [3.63, 3.8) is 0 Å². The van der Waals surface area contributed by atoms with Gasteiger partial charge in [-0.25, -0.2) is 9.18 Å². The molecule has 3 rings (SSSR count). The highest BCUT2D eigenvalue weighted by Gasteiger charge is 2.32. The number of hydrogen-bond acceptors (Lipinski definition) is 5. The predicted molar refractivity (Wildman–Crippen MR) is 123 cm³/mol. The highest BCUT2D eigenvalue weighted by atomic mass is 19.1. The molecule has 7 nitrogen and oxygen atoms in total. The second kappa shape index (κ2) is 11.7. The summed E-state index contributed by atoms with van der Waals surface area (Å²) >= 11 is 0. The second-order valence-corrected chi connectivity index (χ2v) is 7.59. The van der Waals surface area contributed by atoms with Gasteiger partial charge in [0, 0.05) is 12.0 Å². The molecule has 3 aromatic rings. The van der Waals surface area contributed by atoms with E-state index in [0.29, 0.717) is 16.7 Å². The molecule has 0 aromatic heterocycles. The molecule has 2 amide bonds. The lowest BCUT2D eigenvalue weighted by Gasteiger charge is -2.26. The number of amides is 2. The fourth-order valence-electron chi connectivity index (χ4n) is 3.42. The summed E-state index contributed by atoms with van der Waals surface area (Å²) < 4.78 is 18.0. The number of aliphatic hydroxyl groups is 1. The fraction of sp³-hybridized carbons (Fsp3) is 0.192. The summed E-state index contributed by atoms with van der Waals surface area (Å²) in [6.45, 7) is 0. The van der Waals surface area contributed by atoms with Gasteiger partial charge in [-0.3, -0.25) is 9.59 Å². The standard InChI is InChI=1S/C26H25FN2O5/c1-34-26(33)21(16-17-12-14-20(27)15-13-17)28-25(32)23(30)22(18-8-4-2-5-9-18)29-24(31)19-10-6-3-7-11-19/h2-15,21-23,30H,16H2,1H3,(H,28,32)(H,29,31)/t21-,22-,23+/m0/s1. The third kappa shape index (κ3) is 6.49. The van der Waals surface area contributed by atoms with Gasteiger partial charge in [0.15, 0.2) is 6.10 Å². The van der Waals surface area contributed by atoms with Crippen molar-refractivity contribution >= 4 is 17.8 Å². The largest absolute Gasteiger partial charge is 0.467 e. The summed E-state index contributed by atoms with van der Waals surface area (Å²) in [6, 6.07) is 20.2. The zero-order chi connectivity index (χ0) is 24.5. The van der Waals surface area contributed by atoms with Crippen LogP contribution in [0.25, 0.3) is 0 Å². The molecule has 3 aromatic carbocycles. The van der Waals surface area contributed by atoms with Crippen LogP contribution in [0.1, 0.15) is 27.5 Å². The van der Waals surface area contributed by atoms with E-state index in [1.54, 1.807) is 60.7 Å². The number of aliphatic hydroxyl groups excluding tert-OH is 1. The van der Waals surface area contributed by atoms with Gasteiger partial charge in [-0.1, -0.05) is 60.7 Å². The van der Waals surface area contributed by atoms with Crippen LogP contribution in [-0.4, -0.2) is 42.1 Å². The first-order valence-electron chi connectivity index (χ1n) is 10.6. The van der Waals surface area contributed by atoms with Crippen LogP contribution in [0.5, 0.6) is 0 Å². The van der Waals surface area contributed by atoms with E-state index in [2.05, 4.69) is 10.6 Å². The van der Waals surface area contributed by atoms with Crippen molar-refractivity contribution in [1.29, 1.82) is 0 Å². The Morgan fingerprint density at radius 3 is 2.06 bits per heavy atom. The molecular formula is C26H25FN2O5. The van der Waals surface area contributed by atoms with Crippen LogP contribution in [0.3, 0.4) is 0 Å². The number of nitrogens with one attached hydrogen (secondary N) is 2. The van der Waals surface area contributed by atoms with Crippen molar-refractivity contribution in [2.45, 2.75) is 24.6 Å². The number of rotatable bonds is 9. The van der Waals surface area contributed by atoms with Gasteiger partial charge in [0.25, 0.3) is 11.8 Å². The van der Waals surface area contributed by atoms with Gasteiger partial charge < -0.3 is 20.5 Å². The molecule has 0 aliphatic carbocycles. The first kappa shape index (κ1) is 24.6. The molecule has 3 atom stereocenters. The Labute approximate surface area is 196 Å². The van der Waals surface area contributed by atoms with Gasteiger partial charge in [0.2, 0.25) is 0 Å². The normalized spacial score (nSPS) is 13.3. The molecule has 8 heteroatoms. The highest BCUT2D eigenvalue weighted by Crippen LogP contribution is 2.19. The van der Waals surface area contributed by atoms with E-state index in [1.807, 2.05) is 0 Å². The van der Waals surface area contributed by atoms with Gasteiger partial charge in [0.05, 0.1) is 13.2 Å². The van der Waals surface area contributed by atoms with E-state index in [0.717, 1.165) is 0 Å². The van der Waals surface area contributed by atoms with Crippen molar-refractivity contribution in [2.75, 3.05) is 7.11 Å². The van der Waals surface area contributed by atoms with Crippen LogP contribution >= 0.6 is 0 Å². The Morgan fingerprint density at radius 2 is 1.47 bits per heavy atom. The average molecular weight is 464 g/mol. The number of benzene rings is 3. The van der Waals surface area contributed by atoms with Crippen LogP contribution in [0.15, 0.2) is 84.9 Å².